The number of benzene rings is 1. The number of hydrogen-bond donors (Lipinski definition) is 1. The van der Waals surface area contributed by atoms with Gasteiger partial charge >= 0.3 is 5.69 Å². The van der Waals surface area contributed by atoms with Gasteiger partial charge in [0.25, 0.3) is 5.56 Å². The van der Waals surface area contributed by atoms with Crippen molar-refractivity contribution in [2.24, 2.45) is 11.8 Å². The van der Waals surface area contributed by atoms with E-state index in [0.29, 0.717) is 48.1 Å². The number of fused-ring (bicyclic) bond motifs is 1. The molecule has 3 heterocycles. The quantitative estimate of drug-likeness (QED) is 0.504. The van der Waals surface area contributed by atoms with Crippen molar-refractivity contribution >= 4 is 33.4 Å². The van der Waals surface area contributed by atoms with Crippen molar-refractivity contribution in [3.63, 3.8) is 0 Å². The number of rotatable bonds is 8. The molecule has 0 spiro atoms. The lowest BCUT2D eigenvalue weighted by Gasteiger charge is -2.35. The van der Waals surface area contributed by atoms with E-state index in [1.807, 2.05) is 36.1 Å². The molecule has 2 amide bonds. The van der Waals surface area contributed by atoms with Gasteiger partial charge in [0.2, 0.25) is 11.8 Å². The Kier molecular flexibility index (Phi) is 8.08. The lowest BCUT2D eigenvalue weighted by atomic mass is 9.92. The van der Waals surface area contributed by atoms with Crippen LogP contribution in [0.5, 0.6) is 0 Å². The highest BCUT2D eigenvalue weighted by Crippen LogP contribution is 2.22. The molecule has 1 aliphatic rings. The van der Waals surface area contributed by atoms with Crippen molar-refractivity contribution in [1.82, 2.24) is 19.4 Å². The van der Waals surface area contributed by atoms with Gasteiger partial charge in [0.05, 0.1) is 5.52 Å². The summed E-state index contributed by atoms with van der Waals surface area (Å²) in [4.78, 5) is 53.6. The number of hydrogen-bond acceptors (Lipinski definition) is 5. The maximum Gasteiger partial charge on any atom is 0.332 e. The molecule has 0 aliphatic carbocycles. The topological polar surface area (TPSA) is 93.4 Å². The number of aryl methyl sites for hydroxylation is 1. The van der Waals surface area contributed by atoms with Crippen LogP contribution in [0, 0.1) is 18.8 Å². The highest BCUT2D eigenvalue weighted by atomic mass is 32.1. The van der Waals surface area contributed by atoms with Crippen LogP contribution in [0.25, 0.3) is 10.2 Å². The fourth-order valence-corrected chi connectivity index (χ4v) is 5.82. The summed E-state index contributed by atoms with van der Waals surface area (Å²) in [6.45, 7) is 8.11. The SMILES string of the molecule is Cc1ccc(CNC(=O)CCCn2c(=O)c3sccc3n(CC(=O)N3C[C@H](C)C[C@@H](C)C3)c2=O)cc1. The second-order valence-corrected chi connectivity index (χ2v) is 11.0. The zero-order chi connectivity index (χ0) is 25.8. The van der Waals surface area contributed by atoms with Gasteiger partial charge < -0.3 is 10.2 Å². The lowest BCUT2D eigenvalue weighted by Crippen LogP contribution is -2.47. The van der Waals surface area contributed by atoms with Crippen LogP contribution < -0.4 is 16.6 Å². The van der Waals surface area contributed by atoms with E-state index in [4.69, 9.17) is 0 Å². The Hall–Kier alpha value is -3.20. The fourth-order valence-electron chi connectivity index (χ4n) is 4.98. The molecule has 8 nitrogen and oxygen atoms in total. The van der Waals surface area contributed by atoms with E-state index < -0.39 is 5.69 Å². The van der Waals surface area contributed by atoms with Crippen molar-refractivity contribution in [3.8, 4) is 0 Å². The Morgan fingerprint density at radius 1 is 1.03 bits per heavy atom. The van der Waals surface area contributed by atoms with Gasteiger partial charge in [0, 0.05) is 32.6 Å². The Balaban J connectivity index is 1.44. The Labute approximate surface area is 214 Å². The largest absolute Gasteiger partial charge is 0.352 e. The molecule has 192 valence electrons. The van der Waals surface area contributed by atoms with Gasteiger partial charge in [-0.05, 0) is 48.6 Å². The second kappa shape index (κ2) is 11.2. The molecule has 1 aromatic carbocycles. The zero-order valence-corrected chi connectivity index (χ0v) is 22.0. The van der Waals surface area contributed by atoms with E-state index in [0.717, 1.165) is 17.5 Å². The summed E-state index contributed by atoms with van der Waals surface area (Å²) in [6, 6.07) is 9.66. The summed E-state index contributed by atoms with van der Waals surface area (Å²) in [5.41, 5.74) is 1.80. The Morgan fingerprint density at radius 2 is 1.72 bits per heavy atom. The Morgan fingerprint density at radius 3 is 2.42 bits per heavy atom. The number of carbonyl (C=O) groups excluding carboxylic acids is 2. The van der Waals surface area contributed by atoms with Crippen LogP contribution in [0.2, 0.25) is 0 Å². The van der Waals surface area contributed by atoms with Gasteiger partial charge in [-0.2, -0.15) is 0 Å². The van der Waals surface area contributed by atoms with Crippen molar-refractivity contribution in [1.29, 1.82) is 0 Å². The van der Waals surface area contributed by atoms with E-state index in [1.54, 1.807) is 11.4 Å². The van der Waals surface area contributed by atoms with Gasteiger partial charge in [0.15, 0.2) is 0 Å². The van der Waals surface area contributed by atoms with E-state index in [9.17, 15) is 19.2 Å². The minimum Gasteiger partial charge on any atom is -0.352 e. The number of aromatic nitrogens is 2. The molecular formula is C27H34N4O4S. The predicted molar refractivity (Wildman–Crippen MR) is 142 cm³/mol. The minimum absolute atomic E-state index is 0.0944. The molecule has 36 heavy (non-hydrogen) atoms. The highest BCUT2D eigenvalue weighted by Gasteiger charge is 2.26. The molecule has 2 atom stereocenters. The number of carbonyl (C=O) groups is 2. The van der Waals surface area contributed by atoms with Gasteiger partial charge in [0.1, 0.15) is 11.2 Å². The summed E-state index contributed by atoms with van der Waals surface area (Å²) in [5, 5.41) is 4.65. The van der Waals surface area contributed by atoms with Crippen LogP contribution in [0.4, 0.5) is 0 Å². The molecule has 9 heteroatoms. The predicted octanol–water partition coefficient (Wildman–Crippen LogP) is 3.13. The maximum absolute atomic E-state index is 13.3. The minimum atomic E-state index is -0.502. The third-order valence-electron chi connectivity index (χ3n) is 6.75. The first-order chi connectivity index (χ1) is 17.2. The molecule has 2 aromatic heterocycles. The molecule has 0 saturated carbocycles. The molecule has 4 rings (SSSR count). The molecule has 1 saturated heterocycles. The molecule has 0 bridgehead atoms. The molecule has 1 N–H and O–H groups in total. The smallest absolute Gasteiger partial charge is 0.332 e. The monoisotopic (exact) mass is 510 g/mol. The first kappa shape index (κ1) is 25.9. The first-order valence-corrected chi connectivity index (χ1v) is 13.4. The van der Waals surface area contributed by atoms with Crippen LogP contribution in [-0.4, -0.2) is 38.9 Å². The Bertz CT molecular complexity index is 1340. The van der Waals surface area contributed by atoms with Gasteiger partial charge in [-0.25, -0.2) is 4.79 Å². The van der Waals surface area contributed by atoms with Crippen LogP contribution in [-0.2, 0) is 29.2 Å². The summed E-state index contributed by atoms with van der Waals surface area (Å²) in [7, 11) is 0. The van der Waals surface area contributed by atoms with Crippen LogP contribution >= 0.6 is 11.3 Å². The van der Waals surface area contributed by atoms with E-state index >= 15 is 0 Å². The van der Waals surface area contributed by atoms with Crippen molar-refractivity contribution < 1.29 is 9.59 Å². The number of likely N-dealkylation sites (tertiary alicyclic amines) is 1. The molecule has 1 fully saturated rings. The fraction of sp³-hybridized carbons (Fsp3) is 0.481. The average molecular weight is 511 g/mol. The number of thiophene rings is 1. The molecule has 3 aromatic rings. The van der Waals surface area contributed by atoms with E-state index in [1.165, 1.54) is 20.5 Å². The highest BCUT2D eigenvalue weighted by molar-refractivity contribution is 7.17. The average Bonchev–Trinajstić information content (AvgIpc) is 3.33. The second-order valence-electron chi connectivity index (χ2n) is 10.1. The molecular weight excluding hydrogens is 476 g/mol. The van der Waals surface area contributed by atoms with Crippen molar-refractivity contribution in [3.05, 3.63) is 67.7 Å². The maximum atomic E-state index is 13.3. The van der Waals surface area contributed by atoms with E-state index in [2.05, 4.69) is 19.2 Å². The van der Waals surface area contributed by atoms with Gasteiger partial charge in [-0.15, -0.1) is 11.3 Å². The number of amides is 2. The van der Waals surface area contributed by atoms with Crippen LogP contribution in [0.15, 0.2) is 45.3 Å². The standard InChI is InChI=1S/C27H34N4O4S/c1-18-6-8-21(9-7-18)14-28-23(32)5-4-11-30-26(34)25-22(10-12-36-25)31(27(30)35)17-24(33)29-15-19(2)13-20(3)16-29/h6-10,12,19-20H,4-5,11,13-17H2,1-3H3,(H,28,32)/t19-,20-/m1/s1. The third kappa shape index (κ3) is 5.95. The normalized spacial score (nSPS) is 17.9. The van der Waals surface area contributed by atoms with E-state index in [-0.39, 0.29) is 36.9 Å². The summed E-state index contributed by atoms with van der Waals surface area (Å²) in [6.07, 6.45) is 1.63. The molecule has 0 unspecified atom stereocenters. The van der Waals surface area contributed by atoms with Crippen LogP contribution in [0.1, 0.15) is 44.2 Å². The molecule has 1 aliphatic heterocycles. The number of piperidine rings is 1. The first-order valence-electron chi connectivity index (χ1n) is 12.5. The number of nitrogens with zero attached hydrogens (tertiary/aromatic N) is 3. The number of nitrogens with one attached hydrogen (secondary N) is 1. The summed E-state index contributed by atoms with van der Waals surface area (Å²) >= 11 is 1.26. The lowest BCUT2D eigenvalue weighted by molar-refractivity contribution is -0.134. The van der Waals surface area contributed by atoms with Crippen molar-refractivity contribution in [2.45, 2.75) is 59.7 Å². The van der Waals surface area contributed by atoms with Gasteiger partial charge in [-0.3, -0.25) is 23.5 Å². The third-order valence-corrected chi connectivity index (χ3v) is 7.64. The van der Waals surface area contributed by atoms with Gasteiger partial charge in [-0.1, -0.05) is 43.7 Å². The zero-order valence-electron chi connectivity index (χ0n) is 21.2. The summed E-state index contributed by atoms with van der Waals surface area (Å²) < 4.78 is 3.03. The summed E-state index contributed by atoms with van der Waals surface area (Å²) in [5.74, 6) is 0.594. The molecule has 0 radical (unpaired) electrons. The van der Waals surface area contributed by atoms with Crippen LogP contribution in [0.3, 0.4) is 0 Å². The van der Waals surface area contributed by atoms with Crippen molar-refractivity contribution in [2.75, 3.05) is 13.1 Å².